The van der Waals surface area contributed by atoms with Crippen LogP contribution in [0.25, 0.3) is 22.4 Å². The molecular formula is C26H28N4O3S. The highest BCUT2D eigenvalue weighted by atomic mass is 32.2. The predicted octanol–water partition coefficient (Wildman–Crippen LogP) is 4.47. The first-order chi connectivity index (χ1) is 16.6. The summed E-state index contributed by atoms with van der Waals surface area (Å²) in [5.74, 6) is 0.282. The van der Waals surface area contributed by atoms with Crippen molar-refractivity contribution >= 4 is 46.2 Å². The lowest BCUT2D eigenvalue weighted by molar-refractivity contribution is -0.146. The van der Waals surface area contributed by atoms with E-state index < -0.39 is 6.04 Å². The topological polar surface area (TPSA) is 95.2 Å². The van der Waals surface area contributed by atoms with E-state index >= 15 is 0 Å². The van der Waals surface area contributed by atoms with Gasteiger partial charge in [-0.1, -0.05) is 25.0 Å². The first-order valence-corrected chi connectivity index (χ1v) is 13.2. The molecule has 2 fully saturated rings. The van der Waals surface area contributed by atoms with Crippen LogP contribution in [0.2, 0.25) is 0 Å². The lowest BCUT2D eigenvalue weighted by Gasteiger charge is -2.26. The van der Waals surface area contributed by atoms with Crippen molar-refractivity contribution in [3.05, 3.63) is 48.5 Å². The van der Waals surface area contributed by atoms with E-state index in [0.717, 1.165) is 48.1 Å². The molecule has 7 nitrogen and oxygen atoms in total. The zero-order chi connectivity index (χ0) is 23.7. The van der Waals surface area contributed by atoms with Gasteiger partial charge in [0.1, 0.15) is 11.9 Å². The molecule has 8 heteroatoms. The van der Waals surface area contributed by atoms with E-state index in [1.54, 1.807) is 11.8 Å². The molecule has 3 aromatic rings. The molecule has 5 rings (SSSR count). The number of aromatic amines is 1. The van der Waals surface area contributed by atoms with Crippen molar-refractivity contribution < 1.29 is 14.4 Å². The van der Waals surface area contributed by atoms with Crippen LogP contribution in [-0.2, 0) is 14.4 Å². The number of thioether (sulfide) groups is 1. The maximum atomic E-state index is 13.3. The average molecular weight is 477 g/mol. The van der Waals surface area contributed by atoms with Crippen LogP contribution in [0.5, 0.6) is 0 Å². The van der Waals surface area contributed by atoms with Gasteiger partial charge in [-0.05, 0) is 67.7 Å². The Labute approximate surface area is 202 Å². The van der Waals surface area contributed by atoms with E-state index in [-0.39, 0.29) is 29.6 Å². The minimum absolute atomic E-state index is 0.170. The summed E-state index contributed by atoms with van der Waals surface area (Å²) in [6, 6.07) is 14.5. The van der Waals surface area contributed by atoms with Crippen molar-refractivity contribution in [2.75, 3.05) is 17.3 Å². The number of imidazole rings is 1. The van der Waals surface area contributed by atoms with Crippen LogP contribution in [-0.4, -0.2) is 50.6 Å². The first kappa shape index (κ1) is 22.7. The van der Waals surface area contributed by atoms with Crippen LogP contribution in [0.3, 0.4) is 0 Å². The van der Waals surface area contributed by atoms with E-state index in [4.69, 9.17) is 0 Å². The monoisotopic (exact) mass is 476 g/mol. The summed E-state index contributed by atoms with van der Waals surface area (Å²) >= 11 is 1.60. The van der Waals surface area contributed by atoms with Crippen molar-refractivity contribution in [2.45, 2.75) is 38.1 Å². The number of amides is 3. The maximum Gasteiger partial charge on any atom is 0.247 e. The van der Waals surface area contributed by atoms with Gasteiger partial charge in [-0.2, -0.15) is 11.8 Å². The summed E-state index contributed by atoms with van der Waals surface area (Å²) < 4.78 is 0. The third-order valence-electron chi connectivity index (χ3n) is 6.90. The molecule has 34 heavy (non-hydrogen) atoms. The standard InChI is InChI=1S/C26H28N4O3S/c1-34-15-14-22(30-25(32)18-6-2-3-7-19(18)26(30)33)24(31)27-17-12-10-16(11-13-17)23-28-20-8-4-5-9-21(20)29-23/h4-5,8-13,18-19,22H,2-3,6-7,14-15H2,1H3,(H,27,31)(H,28,29). The van der Waals surface area contributed by atoms with Crippen LogP contribution in [0, 0.1) is 11.8 Å². The van der Waals surface area contributed by atoms with E-state index in [0.29, 0.717) is 17.9 Å². The minimum atomic E-state index is -0.784. The summed E-state index contributed by atoms with van der Waals surface area (Å²) in [7, 11) is 0. The molecule has 1 saturated heterocycles. The van der Waals surface area contributed by atoms with Crippen molar-refractivity contribution in [2.24, 2.45) is 11.8 Å². The van der Waals surface area contributed by atoms with Gasteiger partial charge in [0, 0.05) is 11.3 Å². The summed E-state index contributed by atoms with van der Waals surface area (Å²) in [5, 5.41) is 2.93. The molecule has 0 radical (unpaired) electrons. The van der Waals surface area contributed by atoms with Crippen LogP contribution >= 0.6 is 11.8 Å². The Hall–Kier alpha value is -3.13. The average Bonchev–Trinajstić information content (AvgIpc) is 3.40. The number of hydrogen-bond acceptors (Lipinski definition) is 5. The highest BCUT2D eigenvalue weighted by molar-refractivity contribution is 7.98. The van der Waals surface area contributed by atoms with Crippen molar-refractivity contribution in [3.63, 3.8) is 0 Å². The molecule has 1 aromatic heterocycles. The van der Waals surface area contributed by atoms with Crippen molar-refractivity contribution in [3.8, 4) is 11.4 Å². The Morgan fingerprint density at radius 1 is 1.09 bits per heavy atom. The van der Waals surface area contributed by atoms with E-state index in [2.05, 4.69) is 15.3 Å². The second-order valence-corrected chi connectivity index (χ2v) is 10.00. The number of nitrogens with one attached hydrogen (secondary N) is 2. The molecule has 0 spiro atoms. The summed E-state index contributed by atoms with van der Waals surface area (Å²) in [6.45, 7) is 0. The van der Waals surface area contributed by atoms with Gasteiger partial charge in [0.25, 0.3) is 0 Å². The van der Waals surface area contributed by atoms with Gasteiger partial charge < -0.3 is 10.3 Å². The number of imide groups is 1. The molecule has 2 N–H and O–H groups in total. The molecule has 1 aliphatic carbocycles. The predicted molar refractivity (Wildman–Crippen MR) is 134 cm³/mol. The van der Waals surface area contributed by atoms with Gasteiger partial charge in [0.2, 0.25) is 17.7 Å². The number of benzene rings is 2. The summed E-state index contributed by atoms with van der Waals surface area (Å²) in [5.41, 5.74) is 3.39. The Morgan fingerprint density at radius 2 is 1.76 bits per heavy atom. The third kappa shape index (κ3) is 4.22. The fraction of sp³-hybridized carbons (Fsp3) is 0.385. The fourth-order valence-electron chi connectivity index (χ4n) is 5.13. The molecule has 2 heterocycles. The zero-order valence-corrected chi connectivity index (χ0v) is 19.9. The summed E-state index contributed by atoms with van der Waals surface area (Å²) in [4.78, 5) is 48.7. The van der Waals surface area contributed by atoms with Gasteiger partial charge in [0.15, 0.2) is 0 Å². The smallest absolute Gasteiger partial charge is 0.247 e. The molecular weight excluding hydrogens is 448 g/mol. The number of hydrogen-bond donors (Lipinski definition) is 2. The lowest BCUT2D eigenvalue weighted by Crippen LogP contribution is -2.48. The number of carbonyl (C=O) groups excluding carboxylic acids is 3. The van der Waals surface area contributed by atoms with E-state index in [1.807, 2.05) is 54.8 Å². The van der Waals surface area contributed by atoms with Crippen LogP contribution < -0.4 is 5.32 Å². The normalized spacial score (nSPS) is 21.0. The van der Waals surface area contributed by atoms with Gasteiger partial charge >= 0.3 is 0 Å². The second-order valence-electron chi connectivity index (χ2n) is 9.01. The highest BCUT2D eigenvalue weighted by Crippen LogP contribution is 2.39. The number of para-hydroxylation sites is 2. The van der Waals surface area contributed by atoms with Gasteiger partial charge in [-0.15, -0.1) is 0 Å². The van der Waals surface area contributed by atoms with Crippen LogP contribution in [0.4, 0.5) is 5.69 Å². The number of nitrogens with zero attached hydrogens (tertiary/aromatic N) is 2. The lowest BCUT2D eigenvalue weighted by atomic mass is 9.81. The molecule has 3 amide bonds. The molecule has 176 valence electrons. The van der Waals surface area contributed by atoms with Crippen LogP contribution in [0.1, 0.15) is 32.1 Å². The van der Waals surface area contributed by atoms with Crippen LogP contribution in [0.15, 0.2) is 48.5 Å². The first-order valence-electron chi connectivity index (χ1n) is 11.8. The van der Waals surface area contributed by atoms with Gasteiger partial charge in [-0.3, -0.25) is 19.3 Å². The number of anilines is 1. The zero-order valence-electron chi connectivity index (χ0n) is 19.1. The van der Waals surface area contributed by atoms with E-state index in [1.165, 1.54) is 4.90 Å². The number of rotatable bonds is 7. The molecule has 0 bridgehead atoms. The molecule has 2 aliphatic rings. The SMILES string of the molecule is CSCCC(C(=O)Nc1ccc(-c2nc3ccccc3[nH]2)cc1)N1C(=O)C2CCCCC2C1=O. The molecule has 1 saturated carbocycles. The molecule has 3 atom stereocenters. The number of H-pyrrole nitrogens is 1. The largest absolute Gasteiger partial charge is 0.338 e. The fourth-order valence-corrected chi connectivity index (χ4v) is 5.59. The number of likely N-dealkylation sites (tertiary alicyclic amines) is 1. The third-order valence-corrected chi connectivity index (χ3v) is 7.54. The van der Waals surface area contributed by atoms with Gasteiger partial charge in [0.05, 0.1) is 22.9 Å². The number of carbonyl (C=O) groups is 3. The second kappa shape index (κ2) is 9.62. The molecule has 3 unspecified atom stereocenters. The highest BCUT2D eigenvalue weighted by Gasteiger charge is 2.51. The number of aromatic nitrogens is 2. The van der Waals surface area contributed by atoms with Crippen molar-refractivity contribution in [1.82, 2.24) is 14.9 Å². The Bertz CT molecular complexity index is 1170. The Kier molecular flexibility index (Phi) is 6.41. The Morgan fingerprint density at radius 3 is 2.41 bits per heavy atom. The number of fused-ring (bicyclic) bond motifs is 2. The molecule has 1 aliphatic heterocycles. The maximum absolute atomic E-state index is 13.3. The molecule has 2 aromatic carbocycles. The quantitative estimate of drug-likeness (QED) is 0.491. The van der Waals surface area contributed by atoms with Gasteiger partial charge in [-0.25, -0.2) is 4.98 Å². The van der Waals surface area contributed by atoms with Crippen molar-refractivity contribution in [1.29, 1.82) is 0 Å². The Balaban J connectivity index is 1.33. The summed E-state index contributed by atoms with van der Waals surface area (Å²) in [6.07, 6.45) is 5.82. The minimum Gasteiger partial charge on any atom is -0.338 e. The van der Waals surface area contributed by atoms with E-state index in [9.17, 15) is 14.4 Å².